The average molecular weight is 1360 g/mol. The molecular weight excluding hydrogens is 1210 g/mol. The van der Waals surface area contributed by atoms with E-state index >= 15 is 0 Å². The van der Waals surface area contributed by atoms with Gasteiger partial charge in [0.25, 0.3) is 0 Å². The zero-order valence-electron chi connectivity index (χ0n) is 62.0. The molecule has 0 rings (SSSR count). The Morgan fingerprint density at radius 2 is 0.552 bits per heavy atom. The Hall–Kier alpha value is -3.44. The van der Waals surface area contributed by atoms with Gasteiger partial charge in [-0.3, -0.25) is 19.2 Å². The van der Waals surface area contributed by atoms with Gasteiger partial charge in [0.15, 0.2) is 0 Å². The third kappa shape index (κ3) is 67.7. The molecule has 0 bridgehead atoms. The monoisotopic (exact) mass is 1360 g/mol. The number of ether oxygens (including phenoxy) is 6. The molecule has 562 valence electrons. The SMILES string of the molecule is CCCCCCC(O)C/C=C/CCCCCCCC(=O)OC(C/C=C/CCCCCCCC(=O)OC(C/C=C/CCCCCCCC(=O)OC(C/C=C/CCCCCCCC(=O)OCC(O)COCC(O)COCC(O)CO)CCCCCC)CCCCCC)CCCCCC. The van der Waals surface area contributed by atoms with Crippen LogP contribution in [0.15, 0.2) is 48.6 Å². The maximum atomic E-state index is 13.0. The standard InChI is InChI=1S/C81H148O15/c1-5-9-13-41-53-71(83)54-42-33-25-17-21-30-38-50-62-79(88)94-76(56-44-15-11-7-3)59-47-35-27-19-23-32-40-52-64-81(90)96-77(57-45-16-12-8-4)60-48-36-28-20-24-31-39-51-63-80(89)95-75(55-43-14-10-6-2)58-46-34-26-18-22-29-37-49-61-78(87)93-70-74(86)69-92-68-73(85)67-91-66-72(84)65-82/h33-36,42,46-48,71-77,82-86H,5-32,37-41,43-45,49-70H2,1-4H3/b42-33+,46-34+,47-35+,48-36+. The van der Waals surface area contributed by atoms with Crippen LogP contribution in [0.1, 0.15) is 362 Å². The predicted octanol–water partition coefficient (Wildman–Crippen LogP) is 19.3. The molecule has 96 heavy (non-hydrogen) atoms. The molecular formula is C81H148O15. The summed E-state index contributed by atoms with van der Waals surface area (Å²) in [5.41, 5.74) is 0. The first-order valence-corrected chi connectivity index (χ1v) is 39.7. The fraction of sp³-hybridized carbons (Fsp3) is 0.852. The van der Waals surface area contributed by atoms with Crippen molar-refractivity contribution in [2.45, 2.75) is 404 Å². The van der Waals surface area contributed by atoms with Crippen molar-refractivity contribution in [3.63, 3.8) is 0 Å². The Balaban J connectivity index is 4.41. The van der Waals surface area contributed by atoms with Crippen LogP contribution in [0.4, 0.5) is 0 Å². The van der Waals surface area contributed by atoms with Crippen molar-refractivity contribution in [2.75, 3.05) is 39.6 Å². The molecule has 0 aliphatic heterocycles. The Bertz CT molecular complexity index is 1840. The molecule has 0 aromatic rings. The molecule has 0 radical (unpaired) electrons. The number of aliphatic hydroxyl groups excluding tert-OH is 5. The second-order valence-electron chi connectivity index (χ2n) is 27.3. The molecule has 0 heterocycles. The number of aliphatic hydroxyl groups is 5. The van der Waals surface area contributed by atoms with Gasteiger partial charge in [-0.05, 0) is 128 Å². The molecule has 7 unspecified atom stereocenters. The first kappa shape index (κ1) is 92.6. The molecule has 5 N–H and O–H groups in total. The van der Waals surface area contributed by atoms with E-state index in [1.165, 1.54) is 77.0 Å². The van der Waals surface area contributed by atoms with Crippen molar-refractivity contribution in [3.8, 4) is 0 Å². The quantitative estimate of drug-likeness (QED) is 0.0165. The normalized spacial score (nSPS) is 14.2. The summed E-state index contributed by atoms with van der Waals surface area (Å²) in [6, 6.07) is 0. The van der Waals surface area contributed by atoms with Crippen LogP contribution >= 0.6 is 0 Å². The van der Waals surface area contributed by atoms with Crippen molar-refractivity contribution < 1.29 is 73.1 Å². The van der Waals surface area contributed by atoms with Crippen LogP contribution in [-0.4, -0.2) is 132 Å². The Morgan fingerprint density at radius 3 is 0.885 bits per heavy atom. The summed E-state index contributed by atoms with van der Waals surface area (Å²) in [7, 11) is 0. The van der Waals surface area contributed by atoms with E-state index in [9.17, 15) is 39.6 Å². The number of rotatable bonds is 74. The van der Waals surface area contributed by atoms with Crippen molar-refractivity contribution >= 4 is 23.9 Å². The van der Waals surface area contributed by atoms with Gasteiger partial charge in [-0.25, -0.2) is 0 Å². The molecule has 0 saturated carbocycles. The lowest BCUT2D eigenvalue weighted by molar-refractivity contribution is -0.150. The van der Waals surface area contributed by atoms with E-state index in [1.54, 1.807) is 0 Å². The van der Waals surface area contributed by atoms with Crippen LogP contribution in [0.5, 0.6) is 0 Å². The highest BCUT2D eigenvalue weighted by molar-refractivity contribution is 5.70. The van der Waals surface area contributed by atoms with Gasteiger partial charge in [0.1, 0.15) is 43.2 Å². The van der Waals surface area contributed by atoms with E-state index < -0.39 is 24.9 Å². The minimum absolute atomic E-state index is 0.0374. The zero-order valence-corrected chi connectivity index (χ0v) is 62.0. The number of unbranched alkanes of at least 4 members (excludes halogenated alkanes) is 32. The van der Waals surface area contributed by atoms with Gasteiger partial charge in [0.05, 0.1) is 39.1 Å². The Kier molecular flexibility index (Phi) is 70.2. The summed E-state index contributed by atoms with van der Waals surface area (Å²) < 4.78 is 33.6. The minimum atomic E-state index is -1.01. The van der Waals surface area contributed by atoms with Crippen LogP contribution < -0.4 is 0 Å². The molecule has 0 aromatic heterocycles. The second kappa shape index (κ2) is 72.8. The number of hydrogen-bond donors (Lipinski definition) is 5. The third-order valence-corrected chi connectivity index (χ3v) is 17.6. The number of esters is 4. The average Bonchev–Trinajstić information content (AvgIpc) is 3.78. The summed E-state index contributed by atoms with van der Waals surface area (Å²) >= 11 is 0. The highest BCUT2D eigenvalue weighted by atomic mass is 16.6. The molecule has 0 saturated heterocycles. The van der Waals surface area contributed by atoms with E-state index in [1.807, 2.05) is 0 Å². The largest absolute Gasteiger partial charge is 0.463 e. The maximum absolute atomic E-state index is 13.0. The zero-order chi connectivity index (χ0) is 70.3. The number of carbonyl (C=O) groups is 4. The summed E-state index contributed by atoms with van der Waals surface area (Å²) in [6.45, 7) is 7.85. The predicted molar refractivity (Wildman–Crippen MR) is 393 cm³/mol. The highest BCUT2D eigenvalue weighted by Crippen LogP contribution is 2.21. The van der Waals surface area contributed by atoms with Crippen LogP contribution in [-0.2, 0) is 47.6 Å². The van der Waals surface area contributed by atoms with Crippen molar-refractivity contribution in [1.29, 1.82) is 0 Å². The minimum Gasteiger partial charge on any atom is -0.463 e. The summed E-state index contributed by atoms with van der Waals surface area (Å²) in [5, 5.41) is 48.1. The number of carbonyl (C=O) groups excluding carboxylic acids is 4. The van der Waals surface area contributed by atoms with Crippen molar-refractivity contribution in [3.05, 3.63) is 48.6 Å². The number of hydrogen-bond acceptors (Lipinski definition) is 15. The van der Waals surface area contributed by atoms with Gasteiger partial charge >= 0.3 is 23.9 Å². The van der Waals surface area contributed by atoms with Crippen LogP contribution in [0.25, 0.3) is 0 Å². The van der Waals surface area contributed by atoms with Gasteiger partial charge in [0, 0.05) is 44.9 Å². The van der Waals surface area contributed by atoms with E-state index in [4.69, 9.17) is 33.5 Å². The Labute approximate surface area is 586 Å². The van der Waals surface area contributed by atoms with Gasteiger partial charge in [-0.2, -0.15) is 0 Å². The molecule has 0 aliphatic rings. The lowest BCUT2D eigenvalue weighted by Crippen LogP contribution is -2.29. The van der Waals surface area contributed by atoms with Gasteiger partial charge in [-0.1, -0.05) is 237 Å². The van der Waals surface area contributed by atoms with Crippen LogP contribution in [0.3, 0.4) is 0 Å². The topological polar surface area (TPSA) is 225 Å². The molecule has 0 aliphatic carbocycles. The van der Waals surface area contributed by atoms with Gasteiger partial charge in [0.2, 0.25) is 0 Å². The molecule has 15 heteroatoms. The van der Waals surface area contributed by atoms with Crippen molar-refractivity contribution in [1.82, 2.24) is 0 Å². The second-order valence-corrected chi connectivity index (χ2v) is 27.3. The highest BCUT2D eigenvalue weighted by Gasteiger charge is 2.17. The molecule has 0 aromatic carbocycles. The molecule has 7 atom stereocenters. The molecule has 0 fully saturated rings. The third-order valence-electron chi connectivity index (χ3n) is 17.6. The molecule has 15 nitrogen and oxygen atoms in total. The van der Waals surface area contributed by atoms with Crippen molar-refractivity contribution in [2.24, 2.45) is 0 Å². The van der Waals surface area contributed by atoms with E-state index in [-0.39, 0.29) is 87.7 Å². The molecule has 0 amide bonds. The van der Waals surface area contributed by atoms with Crippen LogP contribution in [0, 0.1) is 0 Å². The lowest BCUT2D eigenvalue weighted by atomic mass is 10.0. The fourth-order valence-electron chi connectivity index (χ4n) is 11.5. The fourth-order valence-corrected chi connectivity index (χ4v) is 11.5. The van der Waals surface area contributed by atoms with Crippen LogP contribution in [0.2, 0.25) is 0 Å². The number of allylic oxidation sites excluding steroid dienone is 4. The summed E-state index contributed by atoms with van der Waals surface area (Å²) in [4.78, 5) is 50.9. The lowest BCUT2D eigenvalue weighted by Gasteiger charge is -2.17. The first-order valence-electron chi connectivity index (χ1n) is 39.7. The summed E-state index contributed by atoms with van der Waals surface area (Å²) in [5.74, 6) is -0.568. The van der Waals surface area contributed by atoms with Gasteiger partial charge in [-0.15, -0.1) is 0 Å². The van der Waals surface area contributed by atoms with E-state index in [0.29, 0.717) is 25.7 Å². The smallest absolute Gasteiger partial charge is 0.306 e. The first-order chi connectivity index (χ1) is 46.9. The van der Waals surface area contributed by atoms with E-state index in [0.717, 1.165) is 225 Å². The summed E-state index contributed by atoms with van der Waals surface area (Å²) in [6.07, 6.45) is 66.2. The maximum Gasteiger partial charge on any atom is 0.306 e. The Morgan fingerprint density at radius 1 is 0.281 bits per heavy atom. The van der Waals surface area contributed by atoms with Gasteiger partial charge < -0.3 is 54.0 Å². The molecule has 0 spiro atoms. The van der Waals surface area contributed by atoms with E-state index in [2.05, 4.69) is 76.3 Å².